The molecule has 17 heavy (non-hydrogen) atoms. The Labute approximate surface area is 114 Å². The molecule has 1 rings (SSSR count). The molecule has 0 spiro atoms. The molecule has 2 N–H and O–H groups in total. The van der Waals surface area contributed by atoms with E-state index in [4.69, 9.17) is 10.5 Å². The molecule has 0 aliphatic rings. The molecule has 0 saturated heterocycles. The number of carbonyl (C=O) groups is 1. The fourth-order valence-electron chi connectivity index (χ4n) is 1.31. The van der Waals surface area contributed by atoms with Crippen LogP contribution in [0.15, 0.2) is 22.7 Å². The van der Waals surface area contributed by atoms with Gasteiger partial charge < -0.3 is 10.5 Å². The van der Waals surface area contributed by atoms with Gasteiger partial charge in [-0.3, -0.25) is 4.79 Å². The van der Waals surface area contributed by atoms with Gasteiger partial charge in [0.25, 0.3) is 0 Å². The molecule has 0 bridgehead atoms. The third-order valence-electron chi connectivity index (χ3n) is 2.00. The second-order valence-corrected chi connectivity index (χ2v) is 4.23. The van der Waals surface area contributed by atoms with Crippen molar-refractivity contribution in [3.63, 3.8) is 0 Å². The maximum atomic E-state index is 13.1. The molecule has 96 valence electrons. The number of halogens is 3. The van der Waals surface area contributed by atoms with Crippen LogP contribution in [0.4, 0.5) is 4.39 Å². The normalized spacial score (nSPS) is 11.5. The highest BCUT2D eigenvalue weighted by atomic mass is 79.9. The van der Waals surface area contributed by atoms with Crippen LogP contribution in [0.1, 0.15) is 24.9 Å². The van der Waals surface area contributed by atoms with Crippen LogP contribution in [0.5, 0.6) is 0 Å². The molecule has 0 fully saturated rings. The Morgan fingerprint density at radius 2 is 2.18 bits per heavy atom. The molecule has 0 aromatic heterocycles. The van der Waals surface area contributed by atoms with Crippen LogP contribution >= 0.6 is 28.3 Å². The lowest BCUT2D eigenvalue weighted by atomic mass is 10.0. The standard InChI is InChI=1S/C11H13BrFNO2.ClH/c1-2-16-11(15)6-10(14)7-3-8(12)5-9(13)4-7;/h3-5,10H,2,6,14H2,1H3;1H/t10-;/m0./s1. The van der Waals surface area contributed by atoms with E-state index in [2.05, 4.69) is 15.9 Å². The van der Waals surface area contributed by atoms with Crippen LogP contribution < -0.4 is 5.73 Å². The summed E-state index contributed by atoms with van der Waals surface area (Å²) in [6.07, 6.45) is 0.0454. The summed E-state index contributed by atoms with van der Waals surface area (Å²) in [5.74, 6) is -0.765. The van der Waals surface area contributed by atoms with Crippen LogP contribution in [0.2, 0.25) is 0 Å². The molecule has 0 heterocycles. The van der Waals surface area contributed by atoms with E-state index in [1.807, 2.05) is 0 Å². The van der Waals surface area contributed by atoms with Crippen molar-refractivity contribution in [2.24, 2.45) is 5.73 Å². The van der Waals surface area contributed by atoms with E-state index in [0.717, 1.165) is 0 Å². The smallest absolute Gasteiger partial charge is 0.307 e. The van der Waals surface area contributed by atoms with Crippen molar-refractivity contribution in [1.82, 2.24) is 0 Å². The molecular weight excluding hydrogens is 312 g/mol. The molecule has 0 aliphatic carbocycles. The maximum Gasteiger partial charge on any atom is 0.307 e. The van der Waals surface area contributed by atoms with Crippen molar-refractivity contribution in [3.8, 4) is 0 Å². The highest BCUT2D eigenvalue weighted by Gasteiger charge is 2.13. The Morgan fingerprint density at radius 3 is 2.71 bits per heavy atom. The van der Waals surface area contributed by atoms with Gasteiger partial charge in [0, 0.05) is 10.5 Å². The predicted molar refractivity (Wildman–Crippen MR) is 69.5 cm³/mol. The van der Waals surface area contributed by atoms with Crippen molar-refractivity contribution < 1.29 is 13.9 Å². The number of rotatable bonds is 4. The third kappa shape index (κ3) is 5.48. The van der Waals surface area contributed by atoms with E-state index in [1.165, 1.54) is 12.1 Å². The molecule has 0 unspecified atom stereocenters. The molecule has 1 aromatic rings. The van der Waals surface area contributed by atoms with Gasteiger partial charge in [0.05, 0.1) is 13.0 Å². The van der Waals surface area contributed by atoms with E-state index in [0.29, 0.717) is 16.6 Å². The van der Waals surface area contributed by atoms with E-state index in [1.54, 1.807) is 13.0 Å². The summed E-state index contributed by atoms with van der Waals surface area (Å²) in [6, 6.07) is 3.79. The minimum atomic E-state index is -0.550. The van der Waals surface area contributed by atoms with Crippen LogP contribution in [0, 0.1) is 5.82 Å². The summed E-state index contributed by atoms with van der Waals surface area (Å²) in [7, 11) is 0. The van der Waals surface area contributed by atoms with Crippen molar-refractivity contribution in [2.75, 3.05) is 6.61 Å². The molecule has 1 atom stereocenters. The van der Waals surface area contributed by atoms with Crippen molar-refractivity contribution >= 4 is 34.3 Å². The van der Waals surface area contributed by atoms with Crippen molar-refractivity contribution in [2.45, 2.75) is 19.4 Å². The summed E-state index contributed by atoms with van der Waals surface area (Å²) < 4.78 is 18.4. The second-order valence-electron chi connectivity index (χ2n) is 3.32. The van der Waals surface area contributed by atoms with Gasteiger partial charge in [-0.05, 0) is 30.7 Å². The largest absolute Gasteiger partial charge is 0.466 e. The SMILES string of the molecule is CCOC(=O)C[C@H](N)c1cc(F)cc(Br)c1.Cl. The monoisotopic (exact) mass is 325 g/mol. The summed E-state index contributed by atoms with van der Waals surface area (Å²) in [5.41, 5.74) is 6.35. The lowest BCUT2D eigenvalue weighted by molar-refractivity contribution is -0.143. The molecule has 3 nitrogen and oxygen atoms in total. The average Bonchev–Trinajstić information content (AvgIpc) is 2.16. The number of benzene rings is 1. The summed E-state index contributed by atoms with van der Waals surface area (Å²) >= 11 is 3.17. The molecule has 1 aromatic carbocycles. The first-order chi connectivity index (χ1) is 7.52. The zero-order valence-electron chi connectivity index (χ0n) is 9.28. The number of hydrogen-bond donors (Lipinski definition) is 1. The Kier molecular flexibility index (Phi) is 7.34. The summed E-state index contributed by atoms with van der Waals surface area (Å²) in [6.45, 7) is 2.04. The molecular formula is C11H14BrClFNO2. The van der Waals surface area contributed by atoms with Gasteiger partial charge in [0.1, 0.15) is 5.82 Å². The molecule has 0 saturated carbocycles. The quantitative estimate of drug-likeness (QED) is 0.866. The van der Waals surface area contributed by atoms with E-state index >= 15 is 0 Å². The Hall–Kier alpha value is -0.650. The fraction of sp³-hybridized carbons (Fsp3) is 0.364. The van der Waals surface area contributed by atoms with E-state index in [-0.39, 0.29) is 30.6 Å². The molecule has 0 radical (unpaired) electrons. The van der Waals surface area contributed by atoms with Gasteiger partial charge in [-0.1, -0.05) is 15.9 Å². The topological polar surface area (TPSA) is 52.3 Å². The maximum absolute atomic E-state index is 13.1. The Morgan fingerprint density at radius 1 is 1.53 bits per heavy atom. The Balaban J connectivity index is 0.00000256. The van der Waals surface area contributed by atoms with Gasteiger partial charge in [-0.25, -0.2) is 4.39 Å². The molecule has 0 amide bonds. The summed E-state index contributed by atoms with van der Waals surface area (Å²) in [5, 5.41) is 0. The zero-order valence-corrected chi connectivity index (χ0v) is 11.7. The molecule has 0 aliphatic heterocycles. The zero-order chi connectivity index (χ0) is 12.1. The first kappa shape index (κ1) is 16.4. The highest BCUT2D eigenvalue weighted by molar-refractivity contribution is 9.10. The lowest BCUT2D eigenvalue weighted by Gasteiger charge is -2.11. The van der Waals surface area contributed by atoms with E-state index in [9.17, 15) is 9.18 Å². The van der Waals surface area contributed by atoms with Crippen molar-refractivity contribution in [3.05, 3.63) is 34.1 Å². The van der Waals surface area contributed by atoms with Crippen LogP contribution in [0.25, 0.3) is 0 Å². The number of esters is 1. The van der Waals surface area contributed by atoms with Gasteiger partial charge >= 0.3 is 5.97 Å². The third-order valence-corrected chi connectivity index (χ3v) is 2.46. The van der Waals surface area contributed by atoms with Crippen LogP contribution in [-0.4, -0.2) is 12.6 Å². The summed E-state index contributed by atoms with van der Waals surface area (Å²) in [4.78, 5) is 11.2. The minimum absolute atomic E-state index is 0. The predicted octanol–water partition coefficient (Wildman–Crippen LogP) is 2.96. The Bertz CT molecular complexity index is 369. The first-order valence-corrected chi connectivity index (χ1v) is 5.69. The van der Waals surface area contributed by atoms with Crippen LogP contribution in [0.3, 0.4) is 0 Å². The number of ether oxygens (including phenoxy) is 1. The molecule has 6 heteroatoms. The van der Waals surface area contributed by atoms with Gasteiger partial charge in [-0.15, -0.1) is 12.4 Å². The first-order valence-electron chi connectivity index (χ1n) is 4.90. The number of hydrogen-bond acceptors (Lipinski definition) is 3. The fourth-order valence-corrected chi connectivity index (χ4v) is 1.79. The minimum Gasteiger partial charge on any atom is -0.466 e. The lowest BCUT2D eigenvalue weighted by Crippen LogP contribution is -2.17. The van der Waals surface area contributed by atoms with Crippen molar-refractivity contribution in [1.29, 1.82) is 0 Å². The number of nitrogens with two attached hydrogens (primary N) is 1. The van der Waals surface area contributed by atoms with Gasteiger partial charge in [0.15, 0.2) is 0 Å². The number of carbonyl (C=O) groups excluding carboxylic acids is 1. The van der Waals surface area contributed by atoms with Gasteiger partial charge in [-0.2, -0.15) is 0 Å². The average molecular weight is 327 g/mol. The van der Waals surface area contributed by atoms with E-state index < -0.39 is 6.04 Å². The van der Waals surface area contributed by atoms with Gasteiger partial charge in [0.2, 0.25) is 0 Å². The van der Waals surface area contributed by atoms with Crippen LogP contribution in [-0.2, 0) is 9.53 Å². The highest BCUT2D eigenvalue weighted by Crippen LogP contribution is 2.21. The second kappa shape index (κ2) is 7.63.